The van der Waals surface area contributed by atoms with Gasteiger partial charge in [-0.2, -0.15) is 0 Å². The predicted molar refractivity (Wildman–Crippen MR) is 75.7 cm³/mol. The first-order valence-electron chi connectivity index (χ1n) is 5.74. The summed E-state index contributed by atoms with van der Waals surface area (Å²) in [5.74, 6) is 0.466. The van der Waals surface area contributed by atoms with Gasteiger partial charge >= 0.3 is 5.69 Å². The fraction of sp³-hybridized carbons (Fsp3) is 0.154. The van der Waals surface area contributed by atoms with Crippen molar-refractivity contribution in [2.24, 2.45) is 0 Å². The Morgan fingerprint density at radius 2 is 2.15 bits per heavy atom. The van der Waals surface area contributed by atoms with Gasteiger partial charge in [-0.15, -0.1) is 0 Å². The normalized spacial score (nSPS) is 11.9. The van der Waals surface area contributed by atoms with E-state index in [1.54, 1.807) is 31.2 Å². The number of benzene rings is 1. The van der Waals surface area contributed by atoms with Gasteiger partial charge in [0.2, 0.25) is 5.75 Å². The van der Waals surface area contributed by atoms with Crippen LogP contribution in [0.2, 0.25) is 0 Å². The van der Waals surface area contributed by atoms with Gasteiger partial charge < -0.3 is 9.84 Å². The highest BCUT2D eigenvalue weighted by molar-refractivity contribution is 9.10. The molecular formula is C13H11BrN2O4. The van der Waals surface area contributed by atoms with E-state index in [4.69, 9.17) is 4.74 Å². The lowest BCUT2D eigenvalue weighted by atomic mass is 10.2. The van der Waals surface area contributed by atoms with Crippen molar-refractivity contribution in [1.29, 1.82) is 0 Å². The molecule has 0 saturated heterocycles. The van der Waals surface area contributed by atoms with E-state index in [0.29, 0.717) is 15.9 Å². The average molecular weight is 339 g/mol. The molecule has 7 heteroatoms. The van der Waals surface area contributed by atoms with Gasteiger partial charge in [0.1, 0.15) is 5.75 Å². The van der Waals surface area contributed by atoms with E-state index >= 15 is 0 Å². The predicted octanol–water partition coefficient (Wildman–Crippen LogP) is 3.60. The molecule has 0 aliphatic rings. The number of pyridine rings is 1. The number of para-hydroxylation sites is 1. The van der Waals surface area contributed by atoms with Crippen molar-refractivity contribution in [2.45, 2.75) is 13.0 Å². The Bertz CT molecular complexity index is 629. The molecule has 0 aliphatic heterocycles. The van der Waals surface area contributed by atoms with E-state index < -0.39 is 11.0 Å². The van der Waals surface area contributed by atoms with Crippen LogP contribution >= 0.6 is 15.9 Å². The van der Waals surface area contributed by atoms with Crippen LogP contribution in [-0.2, 0) is 0 Å². The average Bonchev–Trinajstić information content (AvgIpc) is 2.41. The largest absolute Gasteiger partial charge is 0.447 e. The van der Waals surface area contributed by atoms with E-state index in [0.717, 1.165) is 0 Å². The van der Waals surface area contributed by atoms with Crippen molar-refractivity contribution in [1.82, 2.24) is 4.98 Å². The van der Waals surface area contributed by atoms with E-state index in [2.05, 4.69) is 20.9 Å². The Morgan fingerprint density at radius 3 is 2.70 bits per heavy atom. The van der Waals surface area contributed by atoms with Gasteiger partial charge in [-0.25, -0.2) is 0 Å². The third-order valence-corrected chi connectivity index (χ3v) is 3.17. The highest BCUT2D eigenvalue weighted by Crippen LogP contribution is 2.37. The Morgan fingerprint density at radius 1 is 1.40 bits per heavy atom. The van der Waals surface area contributed by atoms with Crippen LogP contribution in [-0.4, -0.2) is 15.0 Å². The second-order valence-corrected chi connectivity index (χ2v) is 4.90. The molecule has 20 heavy (non-hydrogen) atoms. The third-order valence-electron chi connectivity index (χ3n) is 2.55. The molecule has 0 aliphatic carbocycles. The number of aliphatic hydroxyl groups excluding tert-OH is 1. The fourth-order valence-electron chi connectivity index (χ4n) is 1.56. The third kappa shape index (κ3) is 3.12. The van der Waals surface area contributed by atoms with Gasteiger partial charge in [0.05, 0.1) is 27.4 Å². The minimum absolute atomic E-state index is 0.115. The summed E-state index contributed by atoms with van der Waals surface area (Å²) in [5.41, 5.74) is 0.359. The van der Waals surface area contributed by atoms with Crippen LogP contribution < -0.4 is 4.74 Å². The van der Waals surface area contributed by atoms with E-state index in [-0.39, 0.29) is 11.4 Å². The van der Waals surface area contributed by atoms with Crippen LogP contribution in [0.4, 0.5) is 5.69 Å². The molecule has 0 spiro atoms. The molecule has 0 fully saturated rings. The highest BCUT2D eigenvalue weighted by atomic mass is 79.9. The molecule has 1 atom stereocenters. The minimum atomic E-state index is -0.679. The minimum Gasteiger partial charge on any atom is -0.447 e. The van der Waals surface area contributed by atoms with Gasteiger partial charge in [0.25, 0.3) is 0 Å². The zero-order chi connectivity index (χ0) is 14.7. The zero-order valence-corrected chi connectivity index (χ0v) is 12.1. The van der Waals surface area contributed by atoms with E-state index in [1.165, 1.54) is 12.3 Å². The topological polar surface area (TPSA) is 85.5 Å². The number of hydrogen-bond acceptors (Lipinski definition) is 5. The Balaban J connectivity index is 2.32. The maximum absolute atomic E-state index is 11.0. The smallest absolute Gasteiger partial charge is 0.312 e. The molecule has 104 valence electrons. The summed E-state index contributed by atoms with van der Waals surface area (Å²) in [5, 5.41) is 20.3. The molecule has 2 aromatic rings. The lowest BCUT2D eigenvalue weighted by Crippen LogP contribution is -1.97. The highest BCUT2D eigenvalue weighted by Gasteiger charge is 2.18. The number of hydrogen-bond donors (Lipinski definition) is 1. The van der Waals surface area contributed by atoms with Crippen LogP contribution in [0.25, 0.3) is 0 Å². The molecule has 0 radical (unpaired) electrons. The quantitative estimate of drug-likeness (QED) is 0.679. The molecule has 1 unspecified atom stereocenters. The Hall–Kier alpha value is -1.99. The molecule has 2 rings (SSSR count). The van der Waals surface area contributed by atoms with Gasteiger partial charge in [0, 0.05) is 6.07 Å². The number of aromatic nitrogens is 1. The molecule has 1 aromatic carbocycles. The van der Waals surface area contributed by atoms with Crippen molar-refractivity contribution in [3.63, 3.8) is 0 Å². The summed E-state index contributed by atoms with van der Waals surface area (Å²) in [7, 11) is 0. The molecule has 1 heterocycles. The molecule has 0 saturated carbocycles. The van der Waals surface area contributed by atoms with Crippen LogP contribution in [0.15, 0.2) is 41.0 Å². The first kappa shape index (κ1) is 14.4. The number of nitro groups is 1. The first-order chi connectivity index (χ1) is 9.49. The van der Waals surface area contributed by atoms with Crippen molar-refractivity contribution in [3.05, 3.63) is 56.8 Å². The van der Waals surface area contributed by atoms with Gasteiger partial charge in [-0.05, 0) is 41.1 Å². The van der Waals surface area contributed by atoms with Gasteiger partial charge in [0.15, 0.2) is 0 Å². The number of nitrogens with zero attached hydrogens (tertiary/aromatic N) is 2. The standard InChI is InChI=1S/C13H11BrN2O4/c1-8(17)11-6-5-9(7-15-11)20-13-10(14)3-2-4-12(13)16(18)19/h2-8,17H,1H3. The maximum Gasteiger partial charge on any atom is 0.312 e. The molecule has 1 aromatic heterocycles. The number of nitro benzene ring substituents is 1. The van der Waals surface area contributed by atoms with E-state index in [1.807, 2.05) is 0 Å². The molecule has 6 nitrogen and oxygen atoms in total. The maximum atomic E-state index is 11.0. The second kappa shape index (κ2) is 5.98. The number of rotatable bonds is 4. The van der Waals surface area contributed by atoms with Crippen LogP contribution in [0, 0.1) is 10.1 Å². The van der Waals surface area contributed by atoms with Crippen molar-refractivity contribution in [3.8, 4) is 11.5 Å². The van der Waals surface area contributed by atoms with Crippen molar-refractivity contribution in [2.75, 3.05) is 0 Å². The molecule has 0 amide bonds. The Kier molecular flexibility index (Phi) is 4.31. The van der Waals surface area contributed by atoms with Crippen LogP contribution in [0.1, 0.15) is 18.7 Å². The first-order valence-corrected chi connectivity index (χ1v) is 6.53. The van der Waals surface area contributed by atoms with E-state index in [9.17, 15) is 15.2 Å². The van der Waals surface area contributed by atoms with Crippen molar-refractivity contribution < 1.29 is 14.8 Å². The SMILES string of the molecule is CC(O)c1ccc(Oc2c(Br)cccc2[N+](=O)[O-])cn1. The molecule has 0 bridgehead atoms. The Labute approximate surface area is 123 Å². The summed E-state index contributed by atoms with van der Waals surface area (Å²) >= 11 is 3.22. The summed E-state index contributed by atoms with van der Waals surface area (Å²) in [6, 6.07) is 7.77. The zero-order valence-electron chi connectivity index (χ0n) is 10.5. The summed E-state index contributed by atoms with van der Waals surface area (Å²) < 4.78 is 5.98. The lowest BCUT2D eigenvalue weighted by Gasteiger charge is -2.09. The summed E-state index contributed by atoms with van der Waals surface area (Å²) in [6.07, 6.45) is 0.729. The summed E-state index contributed by atoms with van der Waals surface area (Å²) in [4.78, 5) is 14.5. The second-order valence-electron chi connectivity index (χ2n) is 4.04. The summed E-state index contributed by atoms with van der Waals surface area (Å²) in [6.45, 7) is 1.60. The molecular weight excluding hydrogens is 328 g/mol. The number of ether oxygens (including phenoxy) is 1. The van der Waals surface area contributed by atoms with Crippen LogP contribution in [0.3, 0.4) is 0 Å². The van der Waals surface area contributed by atoms with Gasteiger partial charge in [-0.1, -0.05) is 6.07 Å². The monoisotopic (exact) mass is 338 g/mol. The number of halogens is 1. The molecule has 1 N–H and O–H groups in total. The number of aliphatic hydroxyl groups is 1. The van der Waals surface area contributed by atoms with Crippen molar-refractivity contribution >= 4 is 21.6 Å². The van der Waals surface area contributed by atoms with Gasteiger partial charge in [-0.3, -0.25) is 15.1 Å². The fourth-order valence-corrected chi connectivity index (χ4v) is 2.00. The lowest BCUT2D eigenvalue weighted by molar-refractivity contribution is -0.385. The van der Waals surface area contributed by atoms with Crippen LogP contribution in [0.5, 0.6) is 11.5 Å².